The van der Waals surface area contributed by atoms with Crippen molar-refractivity contribution < 1.29 is 14.2 Å². The van der Waals surface area contributed by atoms with Gasteiger partial charge in [-0.05, 0) is 39.5 Å². The van der Waals surface area contributed by atoms with E-state index in [0.717, 1.165) is 16.5 Å². The molecule has 6 heteroatoms. The molecule has 0 radical (unpaired) electrons. The first kappa shape index (κ1) is 16.1. The van der Waals surface area contributed by atoms with Crippen LogP contribution in [0.3, 0.4) is 0 Å². The van der Waals surface area contributed by atoms with Crippen LogP contribution in [-0.2, 0) is 6.42 Å². The van der Waals surface area contributed by atoms with Gasteiger partial charge in [0.25, 0.3) is 0 Å². The van der Waals surface area contributed by atoms with E-state index in [0.29, 0.717) is 17.2 Å². The largest absolute Gasteiger partial charge is 0.493 e. The molecule has 4 nitrogen and oxygen atoms in total. The number of ether oxygens (including phenoxy) is 3. The highest BCUT2D eigenvalue weighted by molar-refractivity contribution is 9.10. The van der Waals surface area contributed by atoms with Crippen molar-refractivity contribution in [2.24, 2.45) is 5.73 Å². The number of halogens is 1. The predicted octanol–water partition coefficient (Wildman–Crippen LogP) is 3.78. The lowest BCUT2D eigenvalue weighted by Crippen LogP contribution is -2.14. The molecule has 2 rings (SSSR count). The molecule has 2 aromatic rings. The number of nitrogens with two attached hydrogens (primary N) is 1. The van der Waals surface area contributed by atoms with Crippen molar-refractivity contribution in [3.05, 3.63) is 38.5 Å². The van der Waals surface area contributed by atoms with E-state index in [1.807, 2.05) is 23.6 Å². The Morgan fingerprint density at radius 3 is 2.33 bits per heavy atom. The van der Waals surface area contributed by atoms with Crippen LogP contribution in [0.4, 0.5) is 0 Å². The van der Waals surface area contributed by atoms with Crippen molar-refractivity contribution in [3.8, 4) is 17.2 Å². The zero-order valence-electron chi connectivity index (χ0n) is 12.2. The molecule has 21 heavy (non-hydrogen) atoms. The summed E-state index contributed by atoms with van der Waals surface area (Å²) in [5.41, 5.74) is 7.25. The van der Waals surface area contributed by atoms with Gasteiger partial charge in [-0.2, -0.15) is 0 Å². The molecule has 0 saturated carbocycles. The maximum Gasteiger partial charge on any atom is 0.203 e. The van der Waals surface area contributed by atoms with Gasteiger partial charge in [0, 0.05) is 27.4 Å². The van der Waals surface area contributed by atoms with Crippen LogP contribution >= 0.6 is 27.3 Å². The first-order valence-electron chi connectivity index (χ1n) is 6.38. The van der Waals surface area contributed by atoms with E-state index >= 15 is 0 Å². The maximum atomic E-state index is 6.36. The Morgan fingerprint density at radius 1 is 1.10 bits per heavy atom. The van der Waals surface area contributed by atoms with Crippen molar-refractivity contribution in [2.45, 2.75) is 12.5 Å². The van der Waals surface area contributed by atoms with E-state index < -0.39 is 0 Å². The fraction of sp³-hybridized carbons (Fsp3) is 0.333. The van der Waals surface area contributed by atoms with Crippen molar-refractivity contribution in [1.29, 1.82) is 0 Å². The Balaban J connectivity index is 2.36. The minimum atomic E-state index is -0.185. The van der Waals surface area contributed by atoms with Crippen LogP contribution in [0.15, 0.2) is 28.1 Å². The second kappa shape index (κ2) is 7.15. The molecule has 2 N–H and O–H groups in total. The Labute approximate surface area is 137 Å². The summed E-state index contributed by atoms with van der Waals surface area (Å²) in [5.74, 6) is 1.82. The molecule has 114 valence electrons. The zero-order valence-corrected chi connectivity index (χ0v) is 14.6. The smallest absolute Gasteiger partial charge is 0.203 e. The second-order valence-corrected chi connectivity index (χ2v) is 6.28. The van der Waals surface area contributed by atoms with Gasteiger partial charge in [-0.15, -0.1) is 11.3 Å². The second-order valence-electron chi connectivity index (χ2n) is 4.43. The lowest BCUT2D eigenvalue weighted by atomic mass is 10.0. The van der Waals surface area contributed by atoms with Gasteiger partial charge in [0.05, 0.1) is 21.3 Å². The zero-order chi connectivity index (χ0) is 15.4. The molecule has 1 atom stereocenters. The van der Waals surface area contributed by atoms with Crippen molar-refractivity contribution in [3.63, 3.8) is 0 Å². The fourth-order valence-corrected chi connectivity index (χ4v) is 3.77. The maximum absolute atomic E-state index is 6.36. The molecule has 0 aliphatic carbocycles. The first-order valence-corrected chi connectivity index (χ1v) is 8.06. The Kier molecular flexibility index (Phi) is 5.50. The topological polar surface area (TPSA) is 53.7 Å². The van der Waals surface area contributed by atoms with E-state index in [2.05, 4.69) is 15.9 Å². The van der Waals surface area contributed by atoms with Crippen molar-refractivity contribution in [1.82, 2.24) is 0 Å². The summed E-state index contributed by atoms with van der Waals surface area (Å²) < 4.78 is 17.3. The van der Waals surface area contributed by atoms with Gasteiger partial charge < -0.3 is 19.9 Å². The minimum Gasteiger partial charge on any atom is -0.493 e. The summed E-state index contributed by atoms with van der Waals surface area (Å²) in [6, 6.07) is 5.61. The van der Waals surface area contributed by atoms with E-state index in [1.54, 1.807) is 32.7 Å². The average molecular weight is 372 g/mol. The number of rotatable bonds is 6. The quantitative estimate of drug-likeness (QED) is 0.839. The monoisotopic (exact) mass is 371 g/mol. The number of hydrogen-bond donors (Lipinski definition) is 1. The van der Waals surface area contributed by atoms with Gasteiger partial charge >= 0.3 is 0 Å². The summed E-state index contributed by atoms with van der Waals surface area (Å²) in [5, 5.41) is 2.04. The number of methoxy groups -OCH3 is 3. The Bertz CT molecular complexity index is 615. The highest BCUT2D eigenvalue weighted by atomic mass is 79.9. The SMILES string of the molecule is COc1ccc(C(N)Cc2sccc2Br)c(OC)c1OC. The Morgan fingerprint density at radius 2 is 1.81 bits per heavy atom. The standard InChI is InChI=1S/C15H18BrNO3S/c1-18-12-5-4-9(14(19-2)15(12)20-3)11(17)8-13-10(16)6-7-21-13/h4-7,11H,8,17H2,1-3H3. The molecule has 0 aliphatic heterocycles. The molecule has 1 aromatic heterocycles. The third-order valence-corrected chi connectivity index (χ3v) is 5.18. The summed E-state index contributed by atoms with van der Waals surface area (Å²) in [6.07, 6.45) is 0.726. The third-order valence-electron chi connectivity index (χ3n) is 3.23. The van der Waals surface area contributed by atoms with Gasteiger partial charge in [-0.25, -0.2) is 0 Å². The average Bonchev–Trinajstić information content (AvgIpc) is 2.90. The van der Waals surface area contributed by atoms with E-state index in [9.17, 15) is 0 Å². The van der Waals surface area contributed by atoms with Crippen LogP contribution in [0, 0.1) is 0 Å². The van der Waals surface area contributed by atoms with Crippen LogP contribution < -0.4 is 19.9 Å². The van der Waals surface area contributed by atoms with E-state index in [-0.39, 0.29) is 6.04 Å². The van der Waals surface area contributed by atoms with Crippen LogP contribution in [0.1, 0.15) is 16.5 Å². The Hall–Kier alpha value is -1.24. The third kappa shape index (κ3) is 3.33. The van der Waals surface area contributed by atoms with Gasteiger partial charge in [0.1, 0.15) is 0 Å². The highest BCUT2D eigenvalue weighted by Crippen LogP contribution is 2.42. The molecular formula is C15H18BrNO3S. The molecule has 0 spiro atoms. The van der Waals surface area contributed by atoms with E-state index in [1.165, 1.54) is 4.88 Å². The van der Waals surface area contributed by atoms with Crippen molar-refractivity contribution >= 4 is 27.3 Å². The first-order chi connectivity index (χ1) is 10.1. The molecule has 1 unspecified atom stereocenters. The van der Waals surface area contributed by atoms with Gasteiger partial charge in [-0.1, -0.05) is 0 Å². The van der Waals surface area contributed by atoms with Crippen LogP contribution in [0.5, 0.6) is 17.2 Å². The van der Waals surface area contributed by atoms with Gasteiger partial charge in [0.15, 0.2) is 11.5 Å². The fourth-order valence-electron chi connectivity index (χ4n) is 2.20. The summed E-state index contributed by atoms with van der Waals surface area (Å²) in [6.45, 7) is 0. The normalized spacial score (nSPS) is 12.0. The lowest BCUT2D eigenvalue weighted by molar-refractivity contribution is 0.320. The minimum absolute atomic E-state index is 0.185. The molecule has 0 aliphatic rings. The predicted molar refractivity (Wildman–Crippen MR) is 88.7 cm³/mol. The van der Waals surface area contributed by atoms with Gasteiger partial charge in [-0.3, -0.25) is 0 Å². The van der Waals surface area contributed by atoms with Crippen LogP contribution in [-0.4, -0.2) is 21.3 Å². The summed E-state index contributed by atoms with van der Waals surface area (Å²) in [4.78, 5) is 1.21. The molecule has 1 aromatic carbocycles. The van der Waals surface area contributed by atoms with Crippen LogP contribution in [0.2, 0.25) is 0 Å². The van der Waals surface area contributed by atoms with Crippen LogP contribution in [0.25, 0.3) is 0 Å². The summed E-state index contributed by atoms with van der Waals surface area (Å²) >= 11 is 5.21. The number of thiophene rings is 1. The molecule has 0 fully saturated rings. The summed E-state index contributed by atoms with van der Waals surface area (Å²) in [7, 11) is 4.79. The highest BCUT2D eigenvalue weighted by Gasteiger charge is 2.21. The molecular weight excluding hydrogens is 354 g/mol. The van der Waals surface area contributed by atoms with Crippen molar-refractivity contribution in [2.75, 3.05) is 21.3 Å². The van der Waals surface area contributed by atoms with Gasteiger partial charge in [0.2, 0.25) is 5.75 Å². The number of hydrogen-bond acceptors (Lipinski definition) is 5. The lowest BCUT2D eigenvalue weighted by Gasteiger charge is -2.19. The number of benzene rings is 1. The molecule has 0 saturated heterocycles. The molecule has 0 amide bonds. The molecule has 1 heterocycles. The molecule has 0 bridgehead atoms. The van der Waals surface area contributed by atoms with E-state index in [4.69, 9.17) is 19.9 Å².